The molecule has 1 saturated carbocycles. The van der Waals surface area contributed by atoms with E-state index < -0.39 is 0 Å². The highest BCUT2D eigenvalue weighted by atomic mass is 16.5. The van der Waals surface area contributed by atoms with E-state index in [1.165, 1.54) is 44.9 Å². The number of anilines is 1. The van der Waals surface area contributed by atoms with E-state index in [1.54, 1.807) is 7.11 Å². The molecule has 0 unspecified atom stereocenters. The van der Waals surface area contributed by atoms with E-state index in [1.807, 2.05) is 49.4 Å². The zero-order valence-corrected chi connectivity index (χ0v) is 18.2. The van der Waals surface area contributed by atoms with Crippen molar-refractivity contribution >= 4 is 11.6 Å². The van der Waals surface area contributed by atoms with Gasteiger partial charge < -0.3 is 20.1 Å². The highest BCUT2D eigenvalue weighted by Crippen LogP contribution is 2.31. The second-order valence-electron chi connectivity index (χ2n) is 8.07. The molecule has 5 heteroatoms. The molecule has 0 spiro atoms. The van der Waals surface area contributed by atoms with Crippen molar-refractivity contribution < 1.29 is 14.3 Å². The summed E-state index contributed by atoms with van der Waals surface area (Å²) in [6, 6.07) is 14.1. The summed E-state index contributed by atoms with van der Waals surface area (Å²) >= 11 is 0. The van der Waals surface area contributed by atoms with Crippen molar-refractivity contribution in [2.75, 3.05) is 19.0 Å². The largest absolute Gasteiger partial charge is 0.493 e. The molecule has 1 fully saturated rings. The van der Waals surface area contributed by atoms with Crippen LogP contribution in [0.15, 0.2) is 42.5 Å². The van der Waals surface area contributed by atoms with Gasteiger partial charge in [0.25, 0.3) is 5.91 Å². The van der Waals surface area contributed by atoms with Crippen molar-refractivity contribution in [2.45, 2.75) is 64.5 Å². The normalized spacial score (nSPS) is 15.1. The summed E-state index contributed by atoms with van der Waals surface area (Å²) in [5.41, 5.74) is 2.93. The van der Waals surface area contributed by atoms with E-state index in [0.717, 1.165) is 16.8 Å². The monoisotopic (exact) mass is 410 g/mol. The molecule has 0 atom stereocenters. The molecule has 0 aliphatic heterocycles. The Hall–Kier alpha value is -2.53. The van der Waals surface area contributed by atoms with E-state index in [0.29, 0.717) is 24.1 Å². The third kappa shape index (κ3) is 6.77. The van der Waals surface area contributed by atoms with Crippen LogP contribution in [-0.2, 0) is 11.3 Å². The number of carbonyl (C=O) groups is 1. The number of benzene rings is 2. The Morgan fingerprint density at radius 3 is 2.40 bits per heavy atom. The van der Waals surface area contributed by atoms with Crippen LogP contribution in [0.4, 0.5) is 5.69 Å². The van der Waals surface area contributed by atoms with E-state index in [9.17, 15) is 4.79 Å². The lowest BCUT2D eigenvalue weighted by atomic mass is 9.96. The van der Waals surface area contributed by atoms with Crippen molar-refractivity contribution in [1.82, 2.24) is 5.32 Å². The van der Waals surface area contributed by atoms with Gasteiger partial charge in [0, 0.05) is 23.8 Å². The predicted molar refractivity (Wildman–Crippen MR) is 121 cm³/mol. The standard InChI is InChI=1S/C25H34N2O3/c1-19-13-15-22(16-14-19)27-24(28)18-30-25-20(9-8-12-23(25)29-2)17-26-21-10-6-4-3-5-7-11-21/h8-9,12-16,21,26H,3-7,10-11,17-18H2,1-2H3,(H,27,28). The van der Waals surface area contributed by atoms with E-state index >= 15 is 0 Å². The van der Waals surface area contributed by atoms with Crippen molar-refractivity contribution in [2.24, 2.45) is 0 Å². The number of ether oxygens (including phenoxy) is 2. The molecule has 0 aromatic heterocycles. The number of aryl methyl sites for hydroxylation is 1. The lowest BCUT2D eigenvalue weighted by Crippen LogP contribution is -2.29. The first-order valence-electron chi connectivity index (χ1n) is 11.0. The SMILES string of the molecule is COc1cccc(CNC2CCCCCCC2)c1OCC(=O)Nc1ccc(C)cc1. The molecule has 1 amide bonds. The molecule has 0 radical (unpaired) electrons. The topological polar surface area (TPSA) is 59.6 Å². The third-order valence-corrected chi connectivity index (χ3v) is 5.65. The minimum Gasteiger partial charge on any atom is -0.493 e. The second-order valence-corrected chi connectivity index (χ2v) is 8.07. The molecule has 2 aromatic rings. The summed E-state index contributed by atoms with van der Waals surface area (Å²) in [6.07, 6.45) is 9.06. The minimum atomic E-state index is -0.191. The first-order chi connectivity index (χ1) is 14.7. The maximum Gasteiger partial charge on any atom is 0.262 e. The van der Waals surface area contributed by atoms with Crippen molar-refractivity contribution in [3.8, 4) is 11.5 Å². The second kappa shape index (κ2) is 11.6. The molecule has 2 N–H and O–H groups in total. The van der Waals surface area contributed by atoms with Crippen molar-refractivity contribution in [3.63, 3.8) is 0 Å². The highest BCUT2D eigenvalue weighted by Gasteiger charge is 2.15. The zero-order valence-electron chi connectivity index (χ0n) is 18.2. The molecule has 2 aromatic carbocycles. The van der Waals surface area contributed by atoms with Crippen LogP contribution in [-0.4, -0.2) is 25.7 Å². The van der Waals surface area contributed by atoms with Gasteiger partial charge in [0.1, 0.15) is 0 Å². The molecule has 0 heterocycles. The van der Waals surface area contributed by atoms with Gasteiger partial charge in [-0.25, -0.2) is 0 Å². The summed E-state index contributed by atoms with van der Waals surface area (Å²) in [5, 5.41) is 6.57. The van der Waals surface area contributed by atoms with Gasteiger partial charge in [-0.3, -0.25) is 4.79 Å². The zero-order chi connectivity index (χ0) is 21.2. The van der Waals surface area contributed by atoms with Gasteiger partial charge in [-0.2, -0.15) is 0 Å². The molecule has 5 nitrogen and oxygen atoms in total. The summed E-state index contributed by atoms with van der Waals surface area (Å²) in [6.45, 7) is 2.66. The smallest absolute Gasteiger partial charge is 0.262 e. The fourth-order valence-corrected chi connectivity index (χ4v) is 3.91. The Balaban J connectivity index is 1.60. The maximum atomic E-state index is 12.4. The summed E-state index contributed by atoms with van der Waals surface area (Å²) < 4.78 is 11.4. The number of carbonyl (C=O) groups excluding carboxylic acids is 1. The summed E-state index contributed by atoms with van der Waals surface area (Å²) in [7, 11) is 1.63. The molecule has 0 bridgehead atoms. The lowest BCUT2D eigenvalue weighted by Gasteiger charge is -2.22. The average molecular weight is 411 g/mol. The van der Waals surface area contributed by atoms with Crippen LogP contribution < -0.4 is 20.1 Å². The number of rotatable bonds is 8. The van der Waals surface area contributed by atoms with Crippen LogP contribution in [0.3, 0.4) is 0 Å². The number of para-hydroxylation sites is 1. The van der Waals surface area contributed by atoms with Crippen LogP contribution in [0.1, 0.15) is 56.1 Å². The fraction of sp³-hybridized carbons (Fsp3) is 0.480. The molecule has 1 aliphatic rings. The number of nitrogens with one attached hydrogen (secondary N) is 2. The van der Waals surface area contributed by atoms with Crippen LogP contribution in [0.5, 0.6) is 11.5 Å². The van der Waals surface area contributed by atoms with Gasteiger partial charge in [0.15, 0.2) is 18.1 Å². The first-order valence-corrected chi connectivity index (χ1v) is 11.0. The minimum absolute atomic E-state index is 0.0648. The molecule has 1 aliphatic carbocycles. The Morgan fingerprint density at radius 1 is 1.00 bits per heavy atom. The highest BCUT2D eigenvalue weighted by molar-refractivity contribution is 5.91. The Morgan fingerprint density at radius 2 is 1.70 bits per heavy atom. The van der Waals surface area contributed by atoms with Gasteiger partial charge in [-0.1, -0.05) is 61.9 Å². The number of hydrogen-bond donors (Lipinski definition) is 2. The van der Waals surface area contributed by atoms with Crippen LogP contribution in [0.2, 0.25) is 0 Å². The fourth-order valence-electron chi connectivity index (χ4n) is 3.91. The summed E-state index contributed by atoms with van der Waals surface area (Å²) in [5.74, 6) is 1.09. The molecule has 0 saturated heterocycles. The van der Waals surface area contributed by atoms with Gasteiger partial charge in [-0.15, -0.1) is 0 Å². The predicted octanol–water partition coefficient (Wildman–Crippen LogP) is 5.22. The van der Waals surface area contributed by atoms with Gasteiger partial charge in [0.05, 0.1) is 7.11 Å². The van der Waals surface area contributed by atoms with Crippen LogP contribution >= 0.6 is 0 Å². The Bertz CT molecular complexity index is 797. The number of hydrogen-bond acceptors (Lipinski definition) is 4. The molecule has 3 rings (SSSR count). The maximum absolute atomic E-state index is 12.4. The van der Waals surface area contributed by atoms with Gasteiger partial charge in [-0.05, 0) is 38.0 Å². The Labute approximate surface area is 180 Å². The molecule has 30 heavy (non-hydrogen) atoms. The molecular formula is C25H34N2O3. The summed E-state index contributed by atoms with van der Waals surface area (Å²) in [4.78, 5) is 12.4. The van der Waals surface area contributed by atoms with Crippen LogP contribution in [0, 0.1) is 6.92 Å². The quantitative estimate of drug-likeness (QED) is 0.626. The van der Waals surface area contributed by atoms with Crippen molar-refractivity contribution in [3.05, 3.63) is 53.6 Å². The van der Waals surface area contributed by atoms with Gasteiger partial charge in [0.2, 0.25) is 0 Å². The third-order valence-electron chi connectivity index (χ3n) is 5.65. The molecular weight excluding hydrogens is 376 g/mol. The van der Waals surface area contributed by atoms with E-state index in [2.05, 4.69) is 10.6 Å². The average Bonchev–Trinajstić information content (AvgIpc) is 2.73. The first kappa shape index (κ1) is 22.2. The van der Waals surface area contributed by atoms with Gasteiger partial charge >= 0.3 is 0 Å². The molecule has 162 valence electrons. The van der Waals surface area contributed by atoms with Crippen LogP contribution in [0.25, 0.3) is 0 Å². The van der Waals surface area contributed by atoms with E-state index in [4.69, 9.17) is 9.47 Å². The lowest BCUT2D eigenvalue weighted by molar-refractivity contribution is -0.118. The Kier molecular flexibility index (Phi) is 8.57. The van der Waals surface area contributed by atoms with E-state index in [-0.39, 0.29) is 12.5 Å². The van der Waals surface area contributed by atoms with Crippen molar-refractivity contribution in [1.29, 1.82) is 0 Å². The number of amides is 1. The number of methoxy groups -OCH3 is 1.